The van der Waals surface area contributed by atoms with Crippen molar-refractivity contribution in [3.8, 4) is 0 Å². The third kappa shape index (κ3) is 2.06. The van der Waals surface area contributed by atoms with Crippen LogP contribution < -0.4 is 5.73 Å². The van der Waals surface area contributed by atoms with Crippen molar-refractivity contribution in [2.24, 2.45) is 5.73 Å². The summed E-state index contributed by atoms with van der Waals surface area (Å²) in [6.45, 7) is 2.62. The molecule has 0 saturated carbocycles. The van der Waals surface area contributed by atoms with E-state index in [4.69, 9.17) is 10.5 Å². The van der Waals surface area contributed by atoms with Crippen molar-refractivity contribution < 1.29 is 4.74 Å². The minimum Gasteiger partial charge on any atom is -0.380 e. The zero-order chi connectivity index (χ0) is 8.97. The molecular formula is C10H15NO. The van der Waals surface area contributed by atoms with Crippen molar-refractivity contribution in [3.05, 3.63) is 35.4 Å². The molecule has 0 aliphatic rings. The summed E-state index contributed by atoms with van der Waals surface area (Å²) in [5.41, 5.74) is 8.13. The van der Waals surface area contributed by atoms with Crippen molar-refractivity contribution in [1.29, 1.82) is 0 Å². The van der Waals surface area contributed by atoms with E-state index < -0.39 is 0 Å². The monoisotopic (exact) mass is 165 g/mol. The number of hydrogen-bond donors (Lipinski definition) is 1. The highest BCUT2D eigenvalue weighted by molar-refractivity contribution is 5.28. The van der Waals surface area contributed by atoms with Gasteiger partial charge in [0.15, 0.2) is 0 Å². The number of rotatable bonds is 3. The van der Waals surface area contributed by atoms with Crippen LogP contribution in [0.25, 0.3) is 0 Å². The number of nitrogens with two attached hydrogens (primary N) is 1. The average molecular weight is 165 g/mol. The van der Waals surface area contributed by atoms with Gasteiger partial charge in [-0.15, -0.1) is 0 Å². The molecule has 0 amide bonds. The van der Waals surface area contributed by atoms with E-state index in [2.05, 4.69) is 0 Å². The van der Waals surface area contributed by atoms with Gasteiger partial charge >= 0.3 is 0 Å². The highest BCUT2D eigenvalue weighted by atomic mass is 16.5. The van der Waals surface area contributed by atoms with Gasteiger partial charge in [-0.05, 0) is 18.1 Å². The topological polar surface area (TPSA) is 35.2 Å². The molecule has 0 aromatic heterocycles. The first-order valence-corrected chi connectivity index (χ1v) is 4.08. The largest absolute Gasteiger partial charge is 0.380 e. The van der Waals surface area contributed by atoms with Crippen molar-refractivity contribution in [3.63, 3.8) is 0 Å². The molecule has 1 aromatic rings. The molecule has 1 aromatic carbocycles. The van der Waals surface area contributed by atoms with Gasteiger partial charge in [0, 0.05) is 13.2 Å². The van der Waals surface area contributed by atoms with Crippen molar-refractivity contribution in [2.45, 2.75) is 19.6 Å². The standard InChI is InChI=1S/C10H15NO/c1-8(11)10-6-4-3-5-9(10)7-12-2/h3-6,8H,7,11H2,1-2H3/t8-/m0/s1. The second kappa shape index (κ2) is 4.24. The minimum absolute atomic E-state index is 0.0800. The maximum Gasteiger partial charge on any atom is 0.0716 e. The molecule has 0 radical (unpaired) electrons. The molecule has 0 bridgehead atoms. The summed E-state index contributed by atoms with van der Waals surface area (Å²) in [4.78, 5) is 0. The maximum atomic E-state index is 5.79. The zero-order valence-corrected chi connectivity index (χ0v) is 7.58. The van der Waals surface area contributed by atoms with Crippen LogP contribution in [-0.4, -0.2) is 7.11 Å². The average Bonchev–Trinajstić information content (AvgIpc) is 2.05. The molecule has 0 fully saturated rings. The Bertz CT molecular complexity index is 245. The second-order valence-electron chi connectivity index (χ2n) is 2.92. The molecule has 12 heavy (non-hydrogen) atoms. The van der Waals surface area contributed by atoms with Crippen LogP contribution in [0, 0.1) is 0 Å². The fourth-order valence-electron chi connectivity index (χ4n) is 1.27. The van der Waals surface area contributed by atoms with Crippen molar-refractivity contribution >= 4 is 0 Å². The SMILES string of the molecule is COCc1ccccc1[C@H](C)N. The lowest BCUT2D eigenvalue weighted by Gasteiger charge is -2.11. The van der Waals surface area contributed by atoms with Gasteiger partial charge in [0.2, 0.25) is 0 Å². The molecule has 2 nitrogen and oxygen atoms in total. The molecule has 66 valence electrons. The second-order valence-corrected chi connectivity index (χ2v) is 2.92. The number of hydrogen-bond acceptors (Lipinski definition) is 2. The van der Waals surface area contributed by atoms with E-state index in [1.165, 1.54) is 11.1 Å². The van der Waals surface area contributed by atoms with Crippen molar-refractivity contribution in [1.82, 2.24) is 0 Å². The van der Waals surface area contributed by atoms with Crippen molar-refractivity contribution in [2.75, 3.05) is 7.11 Å². The minimum atomic E-state index is 0.0800. The van der Waals surface area contributed by atoms with Gasteiger partial charge in [-0.2, -0.15) is 0 Å². The molecule has 0 spiro atoms. The first-order chi connectivity index (χ1) is 5.75. The zero-order valence-electron chi connectivity index (χ0n) is 7.58. The van der Waals surface area contributed by atoms with E-state index in [0.717, 1.165) is 0 Å². The summed E-state index contributed by atoms with van der Waals surface area (Å²) in [6.07, 6.45) is 0. The molecule has 2 heteroatoms. The fraction of sp³-hybridized carbons (Fsp3) is 0.400. The first kappa shape index (κ1) is 9.23. The Labute approximate surface area is 73.3 Å². The lowest BCUT2D eigenvalue weighted by Crippen LogP contribution is -2.08. The van der Waals surface area contributed by atoms with Gasteiger partial charge in [-0.25, -0.2) is 0 Å². The Morgan fingerprint density at radius 3 is 2.67 bits per heavy atom. The molecule has 2 N–H and O–H groups in total. The molecule has 0 heterocycles. The summed E-state index contributed by atoms with van der Waals surface area (Å²) < 4.78 is 5.06. The van der Waals surface area contributed by atoms with Gasteiger partial charge in [-0.3, -0.25) is 0 Å². The van der Waals surface area contributed by atoms with Crippen LogP contribution in [-0.2, 0) is 11.3 Å². The Morgan fingerprint density at radius 1 is 1.42 bits per heavy atom. The summed E-state index contributed by atoms with van der Waals surface area (Å²) in [7, 11) is 1.69. The Kier molecular flexibility index (Phi) is 3.26. The summed E-state index contributed by atoms with van der Waals surface area (Å²) >= 11 is 0. The van der Waals surface area contributed by atoms with E-state index in [0.29, 0.717) is 6.61 Å². The van der Waals surface area contributed by atoms with Gasteiger partial charge in [0.05, 0.1) is 6.61 Å². The fourth-order valence-corrected chi connectivity index (χ4v) is 1.27. The third-order valence-electron chi connectivity index (χ3n) is 1.85. The molecular weight excluding hydrogens is 150 g/mol. The molecule has 0 unspecified atom stereocenters. The number of benzene rings is 1. The predicted octanol–water partition coefficient (Wildman–Crippen LogP) is 1.85. The van der Waals surface area contributed by atoms with Gasteiger partial charge in [-0.1, -0.05) is 24.3 Å². The Balaban J connectivity index is 2.92. The first-order valence-electron chi connectivity index (χ1n) is 4.08. The maximum absolute atomic E-state index is 5.79. The van der Waals surface area contributed by atoms with Crippen LogP contribution in [0.3, 0.4) is 0 Å². The normalized spacial score (nSPS) is 12.9. The predicted molar refractivity (Wildman–Crippen MR) is 49.8 cm³/mol. The van der Waals surface area contributed by atoms with Gasteiger partial charge < -0.3 is 10.5 Å². The van der Waals surface area contributed by atoms with Crippen LogP contribution in [0.4, 0.5) is 0 Å². The van der Waals surface area contributed by atoms with Gasteiger partial charge in [0.1, 0.15) is 0 Å². The third-order valence-corrected chi connectivity index (χ3v) is 1.85. The summed E-state index contributed by atoms with van der Waals surface area (Å²) in [6, 6.07) is 8.16. The molecule has 0 aliphatic carbocycles. The molecule has 0 saturated heterocycles. The molecule has 1 rings (SSSR count). The quantitative estimate of drug-likeness (QED) is 0.741. The van der Waals surface area contributed by atoms with Crippen LogP contribution in [0.1, 0.15) is 24.1 Å². The molecule has 1 atom stereocenters. The lowest BCUT2D eigenvalue weighted by molar-refractivity contribution is 0.184. The summed E-state index contributed by atoms with van der Waals surface area (Å²) in [5, 5.41) is 0. The Hall–Kier alpha value is -0.860. The van der Waals surface area contributed by atoms with Crippen LogP contribution >= 0.6 is 0 Å². The lowest BCUT2D eigenvalue weighted by atomic mass is 10.0. The smallest absolute Gasteiger partial charge is 0.0716 e. The number of ether oxygens (including phenoxy) is 1. The van der Waals surface area contributed by atoms with E-state index in [9.17, 15) is 0 Å². The van der Waals surface area contributed by atoms with E-state index in [-0.39, 0.29) is 6.04 Å². The van der Waals surface area contributed by atoms with Crippen LogP contribution in [0.5, 0.6) is 0 Å². The summed E-state index contributed by atoms with van der Waals surface area (Å²) in [5.74, 6) is 0. The molecule has 0 aliphatic heterocycles. The van der Waals surface area contributed by atoms with Gasteiger partial charge in [0.25, 0.3) is 0 Å². The van der Waals surface area contributed by atoms with E-state index in [1.807, 2.05) is 31.2 Å². The van der Waals surface area contributed by atoms with Crippen LogP contribution in [0.2, 0.25) is 0 Å². The van der Waals surface area contributed by atoms with E-state index in [1.54, 1.807) is 7.11 Å². The number of methoxy groups -OCH3 is 1. The highest BCUT2D eigenvalue weighted by Gasteiger charge is 2.04. The Morgan fingerprint density at radius 2 is 2.08 bits per heavy atom. The van der Waals surface area contributed by atoms with Crippen LogP contribution in [0.15, 0.2) is 24.3 Å². The van der Waals surface area contributed by atoms with E-state index >= 15 is 0 Å². The highest BCUT2D eigenvalue weighted by Crippen LogP contribution is 2.15.